The van der Waals surface area contributed by atoms with Crippen molar-refractivity contribution in [2.75, 3.05) is 13.2 Å². The van der Waals surface area contributed by atoms with E-state index >= 15 is 0 Å². The summed E-state index contributed by atoms with van der Waals surface area (Å²) in [6.07, 6.45) is 0.142. The second kappa shape index (κ2) is 9.28. The van der Waals surface area contributed by atoms with Gasteiger partial charge in [0.25, 0.3) is 0 Å². The molecule has 1 aromatic carbocycles. The Morgan fingerprint density at radius 3 is 1.46 bits per heavy atom. The van der Waals surface area contributed by atoms with Crippen LogP contribution in [0.5, 0.6) is 0 Å². The molecule has 1 unspecified atom stereocenters. The Balaban J connectivity index is 0.000000330. The van der Waals surface area contributed by atoms with Crippen molar-refractivity contribution >= 4 is 29.8 Å². The molecule has 28 heavy (non-hydrogen) atoms. The van der Waals surface area contributed by atoms with Gasteiger partial charge in [-0.05, 0) is 19.1 Å². The highest BCUT2D eigenvalue weighted by Crippen LogP contribution is 2.18. The number of esters is 1. The van der Waals surface area contributed by atoms with Gasteiger partial charge in [-0.1, -0.05) is 6.58 Å². The first-order valence-electron chi connectivity index (χ1n) is 7.51. The lowest BCUT2D eigenvalue weighted by molar-refractivity contribution is -0.139. The van der Waals surface area contributed by atoms with E-state index in [-0.39, 0.29) is 12.1 Å². The number of benzene rings is 1. The van der Waals surface area contributed by atoms with Crippen molar-refractivity contribution in [1.29, 1.82) is 0 Å². The van der Waals surface area contributed by atoms with Gasteiger partial charge in [-0.3, -0.25) is 0 Å². The van der Waals surface area contributed by atoms with E-state index in [0.29, 0.717) is 30.9 Å². The van der Waals surface area contributed by atoms with Crippen molar-refractivity contribution in [3.63, 3.8) is 0 Å². The second-order valence-corrected chi connectivity index (χ2v) is 5.50. The van der Waals surface area contributed by atoms with Gasteiger partial charge in [0.1, 0.15) is 12.7 Å². The normalized spacial score (nSPS) is 14.1. The van der Waals surface area contributed by atoms with Crippen molar-refractivity contribution in [3.05, 3.63) is 46.5 Å². The third kappa shape index (κ3) is 6.21. The molecule has 1 atom stereocenters. The predicted molar refractivity (Wildman–Crippen MR) is 89.8 cm³/mol. The summed E-state index contributed by atoms with van der Waals surface area (Å²) in [7, 11) is 0. The zero-order chi connectivity index (χ0) is 21.6. The van der Waals surface area contributed by atoms with Crippen molar-refractivity contribution in [3.8, 4) is 0 Å². The van der Waals surface area contributed by atoms with E-state index in [4.69, 9.17) is 29.9 Å². The van der Waals surface area contributed by atoms with Gasteiger partial charge in [-0.25, -0.2) is 24.0 Å². The average molecular weight is 396 g/mol. The Labute approximate surface area is 157 Å². The van der Waals surface area contributed by atoms with Crippen LogP contribution in [0.25, 0.3) is 0 Å². The predicted octanol–water partition coefficient (Wildman–Crippen LogP) is 0.984. The highest BCUT2D eigenvalue weighted by Gasteiger charge is 2.25. The van der Waals surface area contributed by atoms with Gasteiger partial charge in [0.15, 0.2) is 0 Å². The van der Waals surface area contributed by atoms with Crippen LogP contribution in [-0.4, -0.2) is 69.6 Å². The van der Waals surface area contributed by atoms with Gasteiger partial charge < -0.3 is 29.9 Å². The van der Waals surface area contributed by atoms with E-state index in [1.54, 1.807) is 6.92 Å². The molecule has 0 amide bonds. The first-order valence-corrected chi connectivity index (χ1v) is 7.51. The molecule has 1 fully saturated rings. The van der Waals surface area contributed by atoms with Crippen molar-refractivity contribution < 1.29 is 53.9 Å². The Hall–Kier alpha value is -3.73. The number of ether oxygens (including phenoxy) is 2. The molecule has 1 aromatic rings. The van der Waals surface area contributed by atoms with Gasteiger partial charge in [-0.2, -0.15) is 0 Å². The summed E-state index contributed by atoms with van der Waals surface area (Å²) in [5, 5.41) is 35.0. The molecule has 2 rings (SSSR count). The quantitative estimate of drug-likeness (QED) is 0.292. The smallest absolute Gasteiger partial charge is 0.336 e. The SMILES string of the molecule is C=C(C)C(=O)OCC1CO1.O=C(O)c1cc(C(=O)O)c(C(=O)O)cc1C(=O)O. The lowest BCUT2D eigenvalue weighted by atomic mass is 9.98. The average Bonchev–Trinajstić information content (AvgIpc) is 3.42. The first-order chi connectivity index (χ1) is 13.0. The molecule has 1 aliphatic rings. The summed E-state index contributed by atoms with van der Waals surface area (Å²) < 4.78 is 9.60. The number of hydrogen-bond donors (Lipinski definition) is 4. The van der Waals surface area contributed by atoms with Gasteiger partial charge in [-0.15, -0.1) is 0 Å². The molecule has 11 nitrogen and oxygen atoms in total. The van der Waals surface area contributed by atoms with E-state index in [9.17, 15) is 24.0 Å². The zero-order valence-electron chi connectivity index (χ0n) is 14.5. The molecule has 0 aromatic heterocycles. The number of rotatable bonds is 7. The number of carbonyl (C=O) groups is 5. The third-order valence-electron chi connectivity index (χ3n) is 3.23. The maximum atomic E-state index is 10.8. The molecular formula is C17H16O11. The van der Waals surface area contributed by atoms with Crippen LogP contribution >= 0.6 is 0 Å². The maximum Gasteiger partial charge on any atom is 0.336 e. The zero-order valence-corrected chi connectivity index (χ0v) is 14.5. The highest BCUT2D eigenvalue weighted by atomic mass is 16.6. The van der Waals surface area contributed by atoms with Gasteiger partial charge in [0.2, 0.25) is 0 Å². The minimum absolute atomic E-state index is 0.142. The summed E-state index contributed by atoms with van der Waals surface area (Å²) in [5.74, 6) is -6.98. The van der Waals surface area contributed by atoms with E-state index in [0.717, 1.165) is 0 Å². The van der Waals surface area contributed by atoms with Crippen LogP contribution in [0.15, 0.2) is 24.3 Å². The lowest BCUT2D eigenvalue weighted by Gasteiger charge is -2.06. The van der Waals surface area contributed by atoms with E-state index in [1.165, 1.54) is 0 Å². The Bertz CT molecular complexity index is 751. The van der Waals surface area contributed by atoms with Crippen LogP contribution in [0, 0.1) is 0 Å². The second-order valence-electron chi connectivity index (χ2n) is 5.50. The summed E-state index contributed by atoms with van der Waals surface area (Å²) >= 11 is 0. The molecule has 4 N–H and O–H groups in total. The molecule has 0 radical (unpaired) electrons. The Morgan fingerprint density at radius 1 is 0.929 bits per heavy atom. The summed E-state index contributed by atoms with van der Waals surface area (Å²) in [5.41, 5.74) is -2.72. The number of aromatic carboxylic acids is 4. The van der Waals surface area contributed by atoms with Crippen LogP contribution in [0.2, 0.25) is 0 Å². The lowest BCUT2D eigenvalue weighted by Crippen LogP contribution is -2.15. The maximum absolute atomic E-state index is 10.8. The Kier molecular flexibility index (Phi) is 7.39. The number of carboxylic acids is 4. The number of epoxide rings is 1. The van der Waals surface area contributed by atoms with E-state index in [1.807, 2.05) is 0 Å². The number of hydrogen-bond acceptors (Lipinski definition) is 7. The molecule has 0 aliphatic carbocycles. The largest absolute Gasteiger partial charge is 0.478 e. The fraction of sp³-hybridized carbons (Fsp3) is 0.235. The molecule has 1 saturated heterocycles. The van der Waals surface area contributed by atoms with Crippen LogP contribution in [0.4, 0.5) is 0 Å². The number of carbonyl (C=O) groups excluding carboxylic acids is 1. The van der Waals surface area contributed by atoms with Crippen LogP contribution < -0.4 is 0 Å². The van der Waals surface area contributed by atoms with Crippen molar-refractivity contribution in [1.82, 2.24) is 0 Å². The minimum Gasteiger partial charge on any atom is -0.478 e. The molecule has 1 aliphatic heterocycles. The van der Waals surface area contributed by atoms with Gasteiger partial charge in [0, 0.05) is 5.57 Å². The van der Waals surface area contributed by atoms with Gasteiger partial charge in [0.05, 0.1) is 28.9 Å². The van der Waals surface area contributed by atoms with Gasteiger partial charge >= 0.3 is 29.8 Å². The van der Waals surface area contributed by atoms with Crippen molar-refractivity contribution in [2.24, 2.45) is 0 Å². The standard InChI is InChI=1S/C10H6O8.C7H10O3/c11-7(12)3-1-4(8(13)14)6(10(17)18)2-5(3)9(15)16;1-5(2)7(8)10-4-6-3-9-6/h1-2H,(H,11,12)(H,13,14)(H,15,16)(H,17,18);6H,1,3-4H2,2H3. The fourth-order valence-electron chi connectivity index (χ4n) is 1.76. The molecule has 0 spiro atoms. The molecule has 1 heterocycles. The summed E-state index contributed by atoms with van der Waals surface area (Å²) in [4.78, 5) is 53.8. The minimum atomic E-state index is -1.66. The summed E-state index contributed by atoms with van der Waals surface area (Å²) in [6, 6.07) is 1.02. The molecular weight excluding hydrogens is 380 g/mol. The van der Waals surface area contributed by atoms with Crippen molar-refractivity contribution in [2.45, 2.75) is 13.0 Å². The molecule has 0 saturated carbocycles. The monoisotopic (exact) mass is 396 g/mol. The van der Waals surface area contributed by atoms with Crippen LogP contribution in [-0.2, 0) is 14.3 Å². The third-order valence-corrected chi connectivity index (χ3v) is 3.23. The first kappa shape index (κ1) is 22.3. The summed E-state index contributed by atoms with van der Waals surface area (Å²) in [6.45, 7) is 6.14. The van der Waals surface area contributed by atoms with Crippen LogP contribution in [0.1, 0.15) is 48.4 Å². The number of carboxylic acid groups (broad SMARTS) is 4. The molecule has 150 valence electrons. The Morgan fingerprint density at radius 2 is 1.25 bits per heavy atom. The van der Waals surface area contributed by atoms with E-state index in [2.05, 4.69) is 6.58 Å². The van der Waals surface area contributed by atoms with Crippen LogP contribution in [0.3, 0.4) is 0 Å². The fourth-order valence-corrected chi connectivity index (χ4v) is 1.76. The highest BCUT2D eigenvalue weighted by molar-refractivity contribution is 6.09. The topological polar surface area (TPSA) is 188 Å². The molecule has 11 heteroatoms. The van der Waals surface area contributed by atoms with E-state index < -0.39 is 46.1 Å². The molecule has 0 bridgehead atoms.